The Balaban J connectivity index is 1.96. The molecule has 2 rings (SSSR count). The molecular weight excluding hydrogens is 206 g/mol. The van der Waals surface area contributed by atoms with Crippen LogP contribution in [0.2, 0.25) is 0 Å². The molecule has 2 N–H and O–H groups in total. The zero-order chi connectivity index (χ0) is 11.2. The highest BCUT2D eigenvalue weighted by atomic mass is 16.5. The molecule has 0 bridgehead atoms. The molecular formula is C10H13N5O. The Labute approximate surface area is 93.1 Å². The molecule has 0 amide bonds. The Kier molecular flexibility index (Phi) is 3.32. The van der Waals surface area contributed by atoms with E-state index < -0.39 is 0 Å². The molecule has 6 nitrogen and oxygen atoms in total. The van der Waals surface area contributed by atoms with Crippen LogP contribution in [0.5, 0.6) is 5.88 Å². The molecule has 16 heavy (non-hydrogen) atoms. The van der Waals surface area contributed by atoms with Gasteiger partial charge < -0.3 is 15.0 Å². The number of anilines is 1. The SMILES string of the molecule is CCOc1ccnc(NCc2ncc[nH]2)n1. The number of hydrogen-bond acceptors (Lipinski definition) is 5. The lowest BCUT2D eigenvalue weighted by atomic mass is 10.6. The fraction of sp³-hybridized carbons (Fsp3) is 0.300. The summed E-state index contributed by atoms with van der Waals surface area (Å²) < 4.78 is 5.27. The van der Waals surface area contributed by atoms with Gasteiger partial charge in [-0.1, -0.05) is 0 Å². The fourth-order valence-corrected chi connectivity index (χ4v) is 1.21. The third-order valence-corrected chi connectivity index (χ3v) is 1.89. The molecule has 0 fully saturated rings. The van der Waals surface area contributed by atoms with Crippen LogP contribution in [-0.4, -0.2) is 26.5 Å². The maximum atomic E-state index is 5.27. The van der Waals surface area contributed by atoms with Gasteiger partial charge in [-0.3, -0.25) is 0 Å². The first-order chi connectivity index (χ1) is 7.88. The topological polar surface area (TPSA) is 75.7 Å². The zero-order valence-electron chi connectivity index (χ0n) is 8.97. The molecule has 2 heterocycles. The van der Waals surface area contributed by atoms with Gasteiger partial charge in [0.25, 0.3) is 0 Å². The van der Waals surface area contributed by atoms with Crippen LogP contribution in [0.4, 0.5) is 5.95 Å². The predicted octanol–water partition coefficient (Wildman–Crippen LogP) is 1.21. The Morgan fingerprint density at radius 3 is 3.06 bits per heavy atom. The van der Waals surface area contributed by atoms with E-state index in [1.54, 1.807) is 24.7 Å². The quantitative estimate of drug-likeness (QED) is 0.790. The number of rotatable bonds is 5. The molecule has 0 unspecified atom stereocenters. The van der Waals surface area contributed by atoms with Gasteiger partial charge in [0.05, 0.1) is 13.2 Å². The molecule has 84 valence electrons. The van der Waals surface area contributed by atoms with E-state index in [0.29, 0.717) is 25.0 Å². The molecule has 2 aromatic rings. The van der Waals surface area contributed by atoms with Crippen LogP contribution in [0, 0.1) is 0 Å². The number of aromatic nitrogens is 4. The Bertz CT molecular complexity index is 429. The Morgan fingerprint density at radius 1 is 1.38 bits per heavy atom. The molecule has 0 spiro atoms. The van der Waals surface area contributed by atoms with Crippen molar-refractivity contribution in [2.45, 2.75) is 13.5 Å². The fourth-order valence-electron chi connectivity index (χ4n) is 1.21. The molecule has 0 aliphatic carbocycles. The summed E-state index contributed by atoms with van der Waals surface area (Å²) >= 11 is 0. The van der Waals surface area contributed by atoms with E-state index in [-0.39, 0.29) is 0 Å². The van der Waals surface area contributed by atoms with E-state index in [1.165, 1.54) is 0 Å². The van der Waals surface area contributed by atoms with Crippen molar-refractivity contribution < 1.29 is 4.74 Å². The third-order valence-electron chi connectivity index (χ3n) is 1.89. The van der Waals surface area contributed by atoms with Gasteiger partial charge in [0.15, 0.2) is 0 Å². The summed E-state index contributed by atoms with van der Waals surface area (Å²) in [7, 11) is 0. The lowest BCUT2D eigenvalue weighted by Crippen LogP contribution is -2.05. The first-order valence-corrected chi connectivity index (χ1v) is 5.06. The normalized spacial score (nSPS) is 10.1. The highest BCUT2D eigenvalue weighted by Crippen LogP contribution is 2.08. The van der Waals surface area contributed by atoms with Crippen LogP contribution in [0.3, 0.4) is 0 Å². The van der Waals surface area contributed by atoms with E-state index in [1.807, 2.05) is 6.92 Å². The second-order valence-corrected chi connectivity index (χ2v) is 3.04. The van der Waals surface area contributed by atoms with Crippen molar-refractivity contribution in [1.29, 1.82) is 0 Å². The molecule has 0 atom stereocenters. The van der Waals surface area contributed by atoms with Crippen LogP contribution >= 0.6 is 0 Å². The van der Waals surface area contributed by atoms with Gasteiger partial charge in [-0.15, -0.1) is 0 Å². The van der Waals surface area contributed by atoms with Crippen molar-refractivity contribution in [2.24, 2.45) is 0 Å². The summed E-state index contributed by atoms with van der Waals surface area (Å²) in [6.45, 7) is 3.06. The van der Waals surface area contributed by atoms with Crippen molar-refractivity contribution >= 4 is 5.95 Å². The molecule has 0 aromatic carbocycles. The highest BCUT2D eigenvalue weighted by molar-refractivity contribution is 5.27. The smallest absolute Gasteiger partial charge is 0.226 e. The molecule has 0 aliphatic rings. The van der Waals surface area contributed by atoms with Gasteiger partial charge in [-0.05, 0) is 6.92 Å². The summed E-state index contributed by atoms with van der Waals surface area (Å²) in [5, 5.41) is 3.05. The van der Waals surface area contributed by atoms with Gasteiger partial charge in [0.2, 0.25) is 11.8 Å². The molecule has 2 aromatic heterocycles. The average molecular weight is 219 g/mol. The predicted molar refractivity (Wildman–Crippen MR) is 59.1 cm³/mol. The standard InChI is InChI=1S/C10H13N5O/c1-2-16-9-3-4-13-10(15-9)14-7-8-11-5-6-12-8/h3-6H,2,7H2,1H3,(H,11,12)(H,13,14,15). The van der Waals surface area contributed by atoms with Crippen LogP contribution < -0.4 is 10.1 Å². The number of aromatic amines is 1. The maximum Gasteiger partial charge on any atom is 0.226 e. The zero-order valence-corrected chi connectivity index (χ0v) is 8.97. The molecule has 0 aliphatic heterocycles. The minimum Gasteiger partial charge on any atom is -0.478 e. The minimum atomic E-state index is 0.530. The van der Waals surface area contributed by atoms with E-state index in [9.17, 15) is 0 Å². The average Bonchev–Trinajstić information content (AvgIpc) is 2.80. The van der Waals surface area contributed by atoms with E-state index in [4.69, 9.17) is 4.74 Å². The van der Waals surface area contributed by atoms with Gasteiger partial charge in [-0.2, -0.15) is 4.98 Å². The lowest BCUT2D eigenvalue weighted by molar-refractivity contribution is 0.326. The maximum absolute atomic E-state index is 5.27. The number of nitrogens with zero attached hydrogens (tertiary/aromatic N) is 3. The minimum absolute atomic E-state index is 0.530. The van der Waals surface area contributed by atoms with Crippen LogP contribution in [0.25, 0.3) is 0 Å². The van der Waals surface area contributed by atoms with Gasteiger partial charge in [0, 0.05) is 24.7 Å². The van der Waals surface area contributed by atoms with Crippen molar-refractivity contribution in [3.05, 3.63) is 30.5 Å². The molecule has 0 radical (unpaired) electrons. The lowest BCUT2D eigenvalue weighted by Gasteiger charge is -2.05. The summed E-state index contributed by atoms with van der Waals surface area (Å²) in [5.41, 5.74) is 0. The number of hydrogen-bond donors (Lipinski definition) is 2. The number of ether oxygens (including phenoxy) is 1. The van der Waals surface area contributed by atoms with Gasteiger partial charge in [0.1, 0.15) is 5.82 Å². The largest absolute Gasteiger partial charge is 0.478 e. The van der Waals surface area contributed by atoms with E-state index in [2.05, 4.69) is 25.3 Å². The molecule has 0 saturated heterocycles. The second kappa shape index (κ2) is 5.11. The summed E-state index contributed by atoms with van der Waals surface area (Å²) in [6, 6.07) is 1.72. The highest BCUT2D eigenvalue weighted by Gasteiger charge is 2.00. The number of H-pyrrole nitrogens is 1. The second-order valence-electron chi connectivity index (χ2n) is 3.04. The van der Waals surface area contributed by atoms with Crippen molar-refractivity contribution in [3.63, 3.8) is 0 Å². The first kappa shape index (κ1) is 10.4. The van der Waals surface area contributed by atoms with E-state index >= 15 is 0 Å². The van der Waals surface area contributed by atoms with Crippen molar-refractivity contribution in [1.82, 2.24) is 19.9 Å². The Hall–Kier alpha value is -2.11. The van der Waals surface area contributed by atoms with Crippen LogP contribution in [0.15, 0.2) is 24.7 Å². The summed E-state index contributed by atoms with van der Waals surface area (Å²) in [6.07, 6.45) is 5.13. The van der Waals surface area contributed by atoms with Gasteiger partial charge >= 0.3 is 0 Å². The van der Waals surface area contributed by atoms with Crippen molar-refractivity contribution in [3.8, 4) is 5.88 Å². The monoisotopic (exact) mass is 219 g/mol. The third kappa shape index (κ3) is 2.69. The van der Waals surface area contributed by atoms with Gasteiger partial charge in [-0.25, -0.2) is 9.97 Å². The number of imidazole rings is 1. The summed E-state index contributed by atoms with van der Waals surface area (Å²) in [4.78, 5) is 15.3. The van der Waals surface area contributed by atoms with Crippen molar-refractivity contribution in [2.75, 3.05) is 11.9 Å². The molecule has 0 saturated carbocycles. The molecule has 6 heteroatoms. The summed E-state index contributed by atoms with van der Waals surface area (Å²) in [5.74, 6) is 1.94. The number of nitrogens with one attached hydrogen (secondary N) is 2. The van der Waals surface area contributed by atoms with Crippen LogP contribution in [-0.2, 0) is 6.54 Å². The van der Waals surface area contributed by atoms with E-state index in [0.717, 1.165) is 5.82 Å². The van der Waals surface area contributed by atoms with Crippen LogP contribution in [0.1, 0.15) is 12.7 Å². The first-order valence-electron chi connectivity index (χ1n) is 5.06. The Morgan fingerprint density at radius 2 is 2.31 bits per heavy atom.